The lowest BCUT2D eigenvalue weighted by Crippen LogP contribution is -2.18. The van der Waals surface area contributed by atoms with E-state index in [4.69, 9.17) is 4.42 Å². The SMILES string of the molecule is Cc1cccc(NC(=O)c2ccccc2NC(=O)c2ccco2)c1C. The van der Waals surface area contributed by atoms with E-state index in [-0.39, 0.29) is 11.7 Å². The molecule has 0 saturated carbocycles. The zero-order chi connectivity index (χ0) is 17.8. The van der Waals surface area contributed by atoms with Gasteiger partial charge < -0.3 is 15.1 Å². The monoisotopic (exact) mass is 334 g/mol. The second kappa shape index (κ2) is 7.05. The van der Waals surface area contributed by atoms with Crippen molar-refractivity contribution in [2.24, 2.45) is 0 Å². The number of furan rings is 1. The highest BCUT2D eigenvalue weighted by atomic mass is 16.3. The van der Waals surface area contributed by atoms with Gasteiger partial charge in [-0.05, 0) is 55.3 Å². The summed E-state index contributed by atoms with van der Waals surface area (Å²) in [6, 6.07) is 15.8. The molecule has 0 unspecified atom stereocenters. The van der Waals surface area contributed by atoms with Crippen LogP contribution < -0.4 is 10.6 Å². The number of benzene rings is 2. The third-order valence-electron chi connectivity index (χ3n) is 4.02. The van der Waals surface area contributed by atoms with Crippen molar-refractivity contribution >= 4 is 23.2 Å². The Hall–Kier alpha value is -3.34. The highest BCUT2D eigenvalue weighted by Crippen LogP contribution is 2.22. The van der Waals surface area contributed by atoms with Gasteiger partial charge in [-0.15, -0.1) is 0 Å². The fourth-order valence-corrected chi connectivity index (χ4v) is 2.46. The van der Waals surface area contributed by atoms with Crippen LogP contribution >= 0.6 is 0 Å². The van der Waals surface area contributed by atoms with Gasteiger partial charge in [0.25, 0.3) is 11.8 Å². The Balaban J connectivity index is 1.84. The molecule has 126 valence electrons. The van der Waals surface area contributed by atoms with E-state index in [2.05, 4.69) is 10.6 Å². The van der Waals surface area contributed by atoms with Gasteiger partial charge >= 0.3 is 0 Å². The summed E-state index contributed by atoms with van der Waals surface area (Å²) in [6.45, 7) is 3.94. The number of carbonyl (C=O) groups is 2. The molecule has 0 aliphatic carbocycles. The van der Waals surface area contributed by atoms with Crippen LogP contribution in [0.1, 0.15) is 32.0 Å². The largest absolute Gasteiger partial charge is 0.459 e. The molecule has 0 aliphatic rings. The van der Waals surface area contributed by atoms with Crippen molar-refractivity contribution < 1.29 is 14.0 Å². The van der Waals surface area contributed by atoms with Crippen LogP contribution in [-0.2, 0) is 0 Å². The maximum Gasteiger partial charge on any atom is 0.291 e. The van der Waals surface area contributed by atoms with Crippen LogP contribution in [0.25, 0.3) is 0 Å². The number of hydrogen-bond acceptors (Lipinski definition) is 3. The highest BCUT2D eigenvalue weighted by Gasteiger charge is 2.16. The van der Waals surface area contributed by atoms with Crippen LogP contribution in [0.4, 0.5) is 11.4 Å². The lowest BCUT2D eigenvalue weighted by atomic mass is 10.1. The van der Waals surface area contributed by atoms with Crippen molar-refractivity contribution in [2.45, 2.75) is 13.8 Å². The van der Waals surface area contributed by atoms with E-state index in [0.29, 0.717) is 11.3 Å². The number of nitrogens with one attached hydrogen (secondary N) is 2. The molecule has 2 amide bonds. The molecule has 1 heterocycles. The first-order chi connectivity index (χ1) is 12.1. The van der Waals surface area contributed by atoms with Crippen molar-refractivity contribution in [2.75, 3.05) is 10.6 Å². The fourth-order valence-electron chi connectivity index (χ4n) is 2.46. The molecule has 2 aromatic carbocycles. The minimum absolute atomic E-state index is 0.185. The minimum Gasteiger partial charge on any atom is -0.459 e. The Labute approximate surface area is 145 Å². The number of carbonyl (C=O) groups excluding carboxylic acids is 2. The molecule has 0 radical (unpaired) electrons. The average molecular weight is 334 g/mol. The number of anilines is 2. The molecule has 3 rings (SSSR count). The van der Waals surface area contributed by atoms with Gasteiger partial charge in [0.1, 0.15) is 0 Å². The zero-order valence-electron chi connectivity index (χ0n) is 14.0. The topological polar surface area (TPSA) is 71.3 Å². The Morgan fingerprint density at radius 2 is 1.52 bits per heavy atom. The third kappa shape index (κ3) is 3.61. The Morgan fingerprint density at radius 3 is 2.28 bits per heavy atom. The zero-order valence-corrected chi connectivity index (χ0v) is 14.0. The number of aryl methyl sites for hydroxylation is 1. The van der Waals surface area contributed by atoms with Crippen molar-refractivity contribution in [3.63, 3.8) is 0 Å². The van der Waals surface area contributed by atoms with Gasteiger partial charge in [0, 0.05) is 5.69 Å². The Bertz CT molecular complexity index is 914. The maximum atomic E-state index is 12.7. The van der Waals surface area contributed by atoms with E-state index in [9.17, 15) is 9.59 Å². The average Bonchev–Trinajstić information content (AvgIpc) is 3.14. The second-order valence-corrected chi connectivity index (χ2v) is 5.68. The molecule has 1 aromatic heterocycles. The number of rotatable bonds is 4. The lowest BCUT2D eigenvalue weighted by Gasteiger charge is -2.13. The van der Waals surface area contributed by atoms with Crippen LogP contribution in [0.3, 0.4) is 0 Å². The van der Waals surface area contributed by atoms with E-state index in [1.807, 2.05) is 32.0 Å². The molecular weight excluding hydrogens is 316 g/mol. The van der Waals surface area contributed by atoms with Crippen LogP contribution in [0, 0.1) is 13.8 Å². The molecule has 25 heavy (non-hydrogen) atoms. The first-order valence-electron chi connectivity index (χ1n) is 7.87. The summed E-state index contributed by atoms with van der Waals surface area (Å²) < 4.78 is 5.08. The van der Waals surface area contributed by atoms with Crippen molar-refractivity contribution in [3.8, 4) is 0 Å². The molecule has 0 spiro atoms. The quantitative estimate of drug-likeness (QED) is 0.743. The minimum atomic E-state index is -0.406. The second-order valence-electron chi connectivity index (χ2n) is 5.68. The molecule has 0 saturated heterocycles. The standard InChI is InChI=1S/C20H18N2O3/c1-13-7-5-10-16(14(13)2)21-19(23)15-8-3-4-9-17(15)22-20(24)18-11-6-12-25-18/h3-12H,1-2H3,(H,21,23)(H,22,24). The summed E-state index contributed by atoms with van der Waals surface area (Å²) in [5, 5.41) is 5.61. The van der Waals surface area contributed by atoms with Crippen molar-refractivity contribution in [1.82, 2.24) is 0 Å². The third-order valence-corrected chi connectivity index (χ3v) is 4.02. The molecule has 5 nitrogen and oxygen atoms in total. The summed E-state index contributed by atoms with van der Waals surface area (Å²) >= 11 is 0. The van der Waals surface area contributed by atoms with E-state index < -0.39 is 5.91 Å². The molecule has 5 heteroatoms. The summed E-state index contributed by atoms with van der Waals surface area (Å²) in [7, 11) is 0. The van der Waals surface area contributed by atoms with Crippen LogP contribution in [0.15, 0.2) is 65.3 Å². The highest BCUT2D eigenvalue weighted by molar-refractivity contribution is 6.12. The van der Waals surface area contributed by atoms with Crippen LogP contribution in [-0.4, -0.2) is 11.8 Å². The van der Waals surface area contributed by atoms with Gasteiger partial charge in [0.15, 0.2) is 5.76 Å². The van der Waals surface area contributed by atoms with Gasteiger partial charge in [-0.2, -0.15) is 0 Å². The molecule has 0 aliphatic heterocycles. The molecule has 0 fully saturated rings. The van der Waals surface area contributed by atoms with Gasteiger partial charge in [0.2, 0.25) is 0 Å². The molecule has 0 atom stereocenters. The molecular formula is C20H18N2O3. The van der Waals surface area contributed by atoms with Gasteiger partial charge in [0.05, 0.1) is 17.5 Å². The number of amides is 2. The fraction of sp³-hybridized carbons (Fsp3) is 0.100. The molecule has 0 bridgehead atoms. The summed E-state index contributed by atoms with van der Waals surface area (Å²) in [6.07, 6.45) is 1.42. The summed E-state index contributed by atoms with van der Waals surface area (Å²) in [5.74, 6) is -0.509. The summed E-state index contributed by atoms with van der Waals surface area (Å²) in [4.78, 5) is 24.9. The first-order valence-corrected chi connectivity index (χ1v) is 7.87. The predicted octanol–water partition coefficient (Wildman–Crippen LogP) is 4.40. The van der Waals surface area contributed by atoms with Crippen molar-refractivity contribution in [1.29, 1.82) is 0 Å². The number of hydrogen-bond donors (Lipinski definition) is 2. The lowest BCUT2D eigenvalue weighted by molar-refractivity contribution is 0.0996. The smallest absolute Gasteiger partial charge is 0.291 e. The van der Waals surface area contributed by atoms with Crippen LogP contribution in [0.2, 0.25) is 0 Å². The van der Waals surface area contributed by atoms with Crippen molar-refractivity contribution in [3.05, 3.63) is 83.3 Å². The summed E-state index contributed by atoms with van der Waals surface area (Å²) in [5.41, 5.74) is 3.65. The Morgan fingerprint density at radius 1 is 0.800 bits per heavy atom. The Kier molecular flexibility index (Phi) is 4.66. The van der Waals surface area contributed by atoms with E-state index in [1.54, 1.807) is 36.4 Å². The van der Waals surface area contributed by atoms with Gasteiger partial charge in [-0.1, -0.05) is 24.3 Å². The van der Waals surface area contributed by atoms with Gasteiger partial charge in [-0.25, -0.2) is 0 Å². The van der Waals surface area contributed by atoms with Crippen LogP contribution in [0.5, 0.6) is 0 Å². The number of para-hydroxylation sites is 1. The first kappa shape index (κ1) is 16.5. The van der Waals surface area contributed by atoms with E-state index >= 15 is 0 Å². The van der Waals surface area contributed by atoms with E-state index in [1.165, 1.54) is 6.26 Å². The molecule has 3 aromatic rings. The normalized spacial score (nSPS) is 10.3. The molecule has 2 N–H and O–H groups in total. The predicted molar refractivity (Wildman–Crippen MR) is 97.0 cm³/mol. The van der Waals surface area contributed by atoms with Gasteiger partial charge in [-0.3, -0.25) is 9.59 Å². The van der Waals surface area contributed by atoms with E-state index in [0.717, 1.165) is 16.8 Å². The maximum absolute atomic E-state index is 12.7.